The van der Waals surface area contributed by atoms with E-state index in [1.165, 1.54) is 31.4 Å². The molecular formula is C19H28FN3O. The van der Waals surface area contributed by atoms with Gasteiger partial charge in [-0.05, 0) is 37.1 Å². The van der Waals surface area contributed by atoms with Crippen molar-refractivity contribution in [2.45, 2.75) is 32.1 Å². The van der Waals surface area contributed by atoms with Gasteiger partial charge in [0.05, 0.1) is 0 Å². The first-order valence-electron chi connectivity index (χ1n) is 9.23. The van der Waals surface area contributed by atoms with Crippen LogP contribution in [0.25, 0.3) is 0 Å². The van der Waals surface area contributed by atoms with Crippen LogP contribution in [0.15, 0.2) is 24.3 Å². The summed E-state index contributed by atoms with van der Waals surface area (Å²) >= 11 is 0. The van der Waals surface area contributed by atoms with Gasteiger partial charge in [-0.1, -0.05) is 19.3 Å². The van der Waals surface area contributed by atoms with Crippen molar-refractivity contribution < 1.29 is 9.18 Å². The number of hydrogen-bond acceptors (Lipinski definition) is 3. The Labute approximate surface area is 144 Å². The van der Waals surface area contributed by atoms with E-state index in [2.05, 4.69) is 15.1 Å². The third-order valence-electron chi connectivity index (χ3n) is 5.27. The lowest BCUT2D eigenvalue weighted by Crippen LogP contribution is -2.48. The second kappa shape index (κ2) is 8.47. The molecule has 132 valence electrons. The van der Waals surface area contributed by atoms with Gasteiger partial charge in [0.15, 0.2) is 0 Å². The average molecular weight is 333 g/mol. The molecule has 1 saturated carbocycles. The Morgan fingerprint density at radius 2 is 1.71 bits per heavy atom. The molecule has 24 heavy (non-hydrogen) atoms. The largest absolute Gasteiger partial charge is 0.369 e. The summed E-state index contributed by atoms with van der Waals surface area (Å²) in [6.07, 6.45) is 5.79. The van der Waals surface area contributed by atoms with E-state index in [4.69, 9.17) is 0 Å². The zero-order chi connectivity index (χ0) is 16.8. The molecule has 4 nitrogen and oxygen atoms in total. The molecule has 2 fully saturated rings. The van der Waals surface area contributed by atoms with Crippen LogP contribution in [0.2, 0.25) is 0 Å². The third-order valence-corrected chi connectivity index (χ3v) is 5.27. The fraction of sp³-hybridized carbons (Fsp3) is 0.632. The van der Waals surface area contributed by atoms with E-state index in [1.54, 1.807) is 0 Å². The van der Waals surface area contributed by atoms with Crippen LogP contribution in [0.1, 0.15) is 32.1 Å². The molecular weight excluding hydrogens is 305 g/mol. The Kier molecular flexibility index (Phi) is 6.07. The van der Waals surface area contributed by atoms with Gasteiger partial charge in [-0.15, -0.1) is 0 Å². The number of rotatable bonds is 5. The quantitative estimate of drug-likeness (QED) is 0.900. The van der Waals surface area contributed by atoms with Gasteiger partial charge in [0.1, 0.15) is 5.82 Å². The second-order valence-corrected chi connectivity index (χ2v) is 6.93. The highest BCUT2D eigenvalue weighted by Crippen LogP contribution is 2.23. The molecule has 0 aromatic heterocycles. The number of carbonyl (C=O) groups excluding carboxylic acids is 1. The number of nitrogens with one attached hydrogen (secondary N) is 1. The summed E-state index contributed by atoms with van der Waals surface area (Å²) in [5.41, 5.74) is 1.08. The first-order valence-corrected chi connectivity index (χ1v) is 9.23. The topological polar surface area (TPSA) is 35.6 Å². The van der Waals surface area contributed by atoms with Crippen LogP contribution in [0.4, 0.5) is 10.1 Å². The Morgan fingerprint density at radius 1 is 1.04 bits per heavy atom. The molecule has 1 N–H and O–H groups in total. The van der Waals surface area contributed by atoms with E-state index >= 15 is 0 Å². The van der Waals surface area contributed by atoms with Crippen molar-refractivity contribution >= 4 is 11.6 Å². The van der Waals surface area contributed by atoms with Crippen molar-refractivity contribution in [1.29, 1.82) is 0 Å². The molecule has 3 rings (SSSR count). The lowest BCUT2D eigenvalue weighted by Gasteiger charge is -2.36. The third kappa shape index (κ3) is 4.69. The standard InChI is InChI=1S/C19H28FN3O/c20-17-6-8-18(9-7-17)23-14-12-22(13-15-23)11-10-21-19(24)16-4-2-1-3-5-16/h6-9,16H,1-5,10-15H2,(H,21,24). The molecule has 1 aliphatic carbocycles. The number of hydrogen-bond donors (Lipinski definition) is 1. The second-order valence-electron chi connectivity index (χ2n) is 6.93. The van der Waals surface area contributed by atoms with E-state index in [0.717, 1.165) is 57.8 Å². The number of piperazine rings is 1. The summed E-state index contributed by atoms with van der Waals surface area (Å²) in [7, 11) is 0. The molecule has 0 unspecified atom stereocenters. The van der Waals surface area contributed by atoms with E-state index < -0.39 is 0 Å². The van der Waals surface area contributed by atoms with E-state index in [9.17, 15) is 9.18 Å². The van der Waals surface area contributed by atoms with Gasteiger partial charge in [-0.3, -0.25) is 9.69 Å². The van der Waals surface area contributed by atoms with Gasteiger partial charge in [0.25, 0.3) is 0 Å². The summed E-state index contributed by atoms with van der Waals surface area (Å²) in [4.78, 5) is 16.8. The SMILES string of the molecule is O=C(NCCN1CCN(c2ccc(F)cc2)CC1)C1CCCCC1. The smallest absolute Gasteiger partial charge is 0.223 e. The Morgan fingerprint density at radius 3 is 2.38 bits per heavy atom. The molecule has 1 aromatic rings. The van der Waals surface area contributed by atoms with Gasteiger partial charge in [-0.25, -0.2) is 4.39 Å². The van der Waals surface area contributed by atoms with E-state index in [-0.39, 0.29) is 17.6 Å². The lowest BCUT2D eigenvalue weighted by atomic mass is 9.89. The number of nitrogens with zero attached hydrogens (tertiary/aromatic N) is 2. The van der Waals surface area contributed by atoms with Crippen LogP contribution in [-0.4, -0.2) is 50.1 Å². The van der Waals surface area contributed by atoms with Gasteiger partial charge in [0.2, 0.25) is 5.91 Å². The highest BCUT2D eigenvalue weighted by molar-refractivity contribution is 5.78. The highest BCUT2D eigenvalue weighted by Gasteiger charge is 2.21. The van der Waals surface area contributed by atoms with Crippen molar-refractivity contribution in [1.82, 2.24) is 10.2 Å². The van der Waals surface area contributed by atoms with E-state index in [0.29, 0.717) is 0 Å². The first kappa shape index (κ1) is 17.2. The molecule has 1 amide bonds. The molecule has 2 aliphatic rings. The summed E-state index contributed by atoms with van der Waals surface area (Å²) < 4.78 is 13.0. The van der Waals surface area contributed by atoms with Gasteiger partial charge in [0, 0.05) is 50.9 Å². The number of benzene rings is 1. The molecule has 1 saturated heterocycles. The molecule has 0 radical (unpaired) electrons. The van der Waals surface area contributed by atoms with Crippen molar-refractivity contribution in [2.75, 3.05) is 44.2 Å². The maximum Gasteiger partial charge on any atom is 0.223 e. The lowest BCUT2D eigenvalue weighted by molar-refractivity contribution is -0.125. The molecule has 1 aliphatic heterocycles. The minimum atomic E-state index is -0.189. The summed E-state index contributed by atoms with van der Waals surface area (Å²) in [5.74, 6) is 0.305. The first-order chi connectivity index (χ1) is 11.7. The Hall–Kier alpha value is -1.62. The zero-order valence-corrected chi connectivity index (χ0v) is 14.3. The number of halogens is 1. The molecule has 1 aromatic carbocycles. The highest BCUT2D eigenvalue weighted by atomic mass is 19.1. The molecule has 1 heterocycles. The van der Waals surface area contributed by atoms with Crippen LogP contribution < -0.4 is 10.2 Å². The number of carbonyl (C=O) groups is 1. The maximum absolute atomic E-state index is 13.0. The zero-order valence-electron chi connectivity index (χ0n) is 14.3. The summed E-state index contributed by atoms with van der Waals surface area (Å²) in [6, 6.07) is 6.72. The minimum Gasteiger partial charge on any atom is -0.369 e. The van der Waals surface area contributed by atoms with Crippen LogP contribution >= 0.6 is 0 Å². The average Bonchev–Trinajstić information content (AvgIpc) is 2.64. The van der Waals surface area contributed by atoms with Crippen LogP contribution in [0, 0.1) is 11.7 Å². The molecule has 0 spiro atoms. The monoisotopic (exact) mass is 333 g/mol. The number of anilines is 1. The maximum atomic E-state index is 13.0. The van der Waals surface area contributed by atoms with Gasteiger partial charge >= 0.3 is 0 Å². The Bertz CT molecular complexity index is 520. The van der Waals surface area contributed by atoms with Crippen molar-refractivity contribution in [2.24, 2.45) is 5.92 Å². The summed E-state index contributed by atoms with van der Waals surface area (Å²) in [5, 5.41) is 3.11. The van der Waals surface area contributed by atoms with Crippen LogP contribution in [0.3, 0.4) is 0 Å². The van der Waals surface area contributed by atoms with Crippen molar-refractivity contribution in [3.05, 3.63) is 30.1 Å². The molecule has 0 bridgehead atoms. The van der Waals surface area contributed by atoms with E-state index in [1.807, 2.05) is 12.1 Å². The van der Waals surface area contributed by atoms with Crippen molar-refractivity contribution in [3.8, 4) is 0 Å². The van der Waals surface area contributed by atoms with Crippen LogP contribution in [-0.2, 0) is 4.79 Å². The minimum absolute atomic E-state index is 0.189. The van der Waals surface area contributed by atoms with Gasteiger partial charge < -0.3 is 10.2 Å². The fourth-order valence-corrected chi connectivity index (χ4v) is 3.73. The molecule has 0 atom stereocenters. The van der Waals surface area contributed by atoms with Crippen LogP contribution in [0.5, 0.6) is 0 Å². The normalized spacial score (nSPS) is 20.1. The Balaban J connectivity index is 1.35. The van der Waals surface area contributed by atoms with Gasteiger partial charge in [-0.2, -0.15) is 0 Å². The predicted octanol–water partition coefficient (Wildman–Crippen LogP) is 2.64. The predicted molar refractivity (Wildman–Crippen MR) is 94.6 cm³/mol. The number of amides is 1. The summed E-state index contributed by atoms with van der Waals surface area (Å²) in [6.45, 7) is 5.51. The van der Waals surface area contributed by atoms with Crippen molar-refractivity contribution in [3.63, 3.8) is 0 Å². The molecule has 5 heteroatoms. The fourth-order valence-electron chi connectivity index (χ4n) is 3.73.